The van der Waals surface area contributed by atoms with Gasteiger partial charge < -0.3 is 5.32 Å². The molecule has 0 radical (unpaired) electrons. The lowest BCUT2D eigenvalue weighted by atomic mass is 10.1. The Hall–Kier alpha value is -2.70. The van der Waals surface area contributed by atoms with Gasteiger partial charge in [0, 0.05) is 11.3 Å². The van der Waals surface area contributed by atoms with E-state index >= 15 is 0 Å². The van der Waals surface area contributed by atoms with E-state index in [-0.39, 0.29) is 27.0 Å². The molecule has 1 atom stereocenters. The third-order valence-corrected chi connectivity index (χ3v) is 5.01. The smallest absolute Gasteiger partial charge is 0.262 e. The Morgan fingerprint density at radius 1 is 0.963 bits per heavy atom. The molecule has 1 N–H and O–H groups in total. The highest BCUT2D eigenvalue weighted by molar-refractivity contribution is 6.43. The Balaban J connectivity index is 1.80. The summed E-state index contributed by atoms with van der Waals surface area (Å²) in [4.78, 5) is 49.8. The maximum Gasteiger partial charge on any atom is 0.262 e. The lowest BCUT2D eigenvalue weighted by Crippen LogP contribution is -2.45. The summed E-state index contributed by atoms with van der Waals surface area (Å²) < 4.78 is 0. The highest BCUT2D eigenvalue weighted by Gasteiger charge is 2.41. The molecule has 0 aliphatic carbocycles. The summed E-state index contributed by atoms with van der Waals surface area (Å²) in [5, 5.41) is 2.93. The minimum atomic E-state index is -1.05. The predicted octanol–water partition coefficient (Wildman–Crippen LogP) is 3.82. The maximum atomic E-state index is 12.6. The van der Waals surface area contributed by atoms with Crippen LogP contribution >= 0.6 is 23.2 Å². The molecular formula is C19H14Cl2N2O4. The van der Waals surface area contributed by atoms with Gasteiger partial charge in [-0.15, -0.1) is 0 Å². The second-order valence-electron chi connectivity index (χ2n) is 6.09. The van der Waals surface area contributed by atoms with Gasteiger partial charge in [0.05, 0.1) is 21.2 Å². The van der Waals surface area contributed by atoms with E-state index in [1.54, 1.807) is 24.3 Å². The van der Waals surface area contributed by atoms with Gasteiger partial charge in [0.1, 0.15) is 6.04 Å². The van der Waals surface area contributed by atoms with Crippen molar-refractivity contribution in [2.45, 2.75) is 19.9 Å². The zero-order chi connectivity index (χ0) is 19.9. The van der Waals surface area contributed by atoms with Gasteiger partial charge in [-0.2, -0.15) is 0 Å². The Morgan fingerprint density at radius 3 is 1.89 bits per heavy atom. The number of carbonyl (C=O) groups is 4. The number of nitrogens with zero attached hydrogens (tertiary/aromatic N) is 1. The summed E-state index contributed by atoms with van der Waals surface area (Å²) in [6, 6.07) is 7.90. The number of ketones is 1. The molecule has 1 aliphatic heterocycles. The van der Waals surface area contributed by atoms with Crippen molar-refractivity contribution in [3.8, 4) is 0 Å². The van der Waals surface area contributed by atoms with Gasteiger partial charge in [-0.05, 0) is 50.2 Å². The van der Waals surface area contributed by atoms with E-state index in [1.165, 1.54) is 26.0 Å². The van der Waals surface area contributed by atoms with E-state index in [1.807, 2.05) is 0 Å². The molecule has 2 aromatic carbocycles. The highest BCUT2D eigenvalue weighted by atomic mass is 35.5. The Morgan fingerprint density at radius 2 is 1.44 bits per heavy atom. The number of fused-ring (bicyclic) bond motifs is 1. The number of rotatable bonds is 4. The third kappa shape index (κ3) is 3.46. The molecular weight excluding hydrogens is 391 g/mol. The molecule has 27 heavy (non-hydrogen) atoms. The van der Waals surface area contributed by atoms with E-state index in [9.17, 15) is 19.2 Å². The van der Waals surface area contributed by atoms with Gasteiger partial charge in [-0.1, -0.05) is 23.2 Å². The summed E-state index contributed by atoms with van der Waals surface area (Å²) in [5.74, 6) is -1.85. The van der Waals surface area contributed by atoms with Crippen molar-refractivity contribution in [2.24, 2.45) is 0 Å². The average Bonchev–Trinajstić information content (AvgIpc) is 2.85. The van der Waals surface area contributed by atoms with Gasteiger partial charge >= 0.3 is 0 Å². The summed E-state index contributed by atoms with van der Waals surface area (Å²) >= 11 is 11.8. The number of hydrogen-bond acceptors (Lipinski definition) is 4. The summed E-state index contributed by atoms with van der Waals surface area (Å²) in [7, 11) is 0. The van der Waals surface area contributed by atoms with Crippen molar-refractivity contribution in [1.82, 2.24) is 4.90 Å². The normalized spacial score (nSPS) is 14.1. The zero-order valence-electron chi connectivity index (χ0n) is 14.4. The summed E-state index contributed by atoms with van der Waals surface area (Å²) in [5.41, 5.74) is 1.18. The van der Waals surface area contributed by atoms with E-state index in [4.69, 9.17) is 23.2 Å². The van der Waals surface area contributed by atoms with Crippen molar-refractivity contribution in [3.63, 3.8) is 0 Å². The van der Waals surface area contributed by atoms with Crippen LogP contribution in [0.25, 0.3) is 0 Å². The number of hydrogen-bond donors (Lipinski definition) is 1. The first-order chi connectivity index (χ1) is 12.7. The molecule has 8 heteroatoms. The molecule has 0 spiro atoms. The van der Waals surface area contributed by atoms with Crippen molar-refractivity contribution >= 4 is 52.4 Å². The van der Waals surface area contributed by atoms with Gasteiger partial charge in [-0.3, -0.25) is 24.1 Å². The van der Waals surface area contributed by atoms with E-state index < -0.39 is 23.8 Å². The number of imide groups is 1. The first kappa shape index (κ1) is 19.1. The second-order valence-corrected chi connectivity index (χ2v) is 6.91. The molecule has 0 bridgehead atoms. The van der Waals surface area contributed by atoms with Crippen molar-refractivity contribution in [3.05, 3.63) is 63.1 Å². The van der Waals surface area contributed by atoms with Gasteiger partial charge in [0.15, 0.2) is 5.78 Å². The van der Waals surface area contributed by atoms with Crippen LogP contribution in [0.4, 0.5) is 5.69 Å². The van der Waals surface area contributed by atoms with Crippen LogP contribution in [-0.2, 0) is 4.79 Å². The Kier molecular flexibility index (Phi) is 5.04. The molecule has 1 aliphatic rings. The zero-order valence-corrected chi connectivity index (χ0v) is 15.9. The number of amides is 3. The molecule has 2 aromatic rings. The molecule has 6 nitrogen and oxygen atoms in total. The Labute approximate surface area is 165 Å². The SMILES string of the molecule is CC(=O)c1ccc(NC(=O)C(C)N2C(=O)c3cc(Cl)c(Cl)cc3C2=O)cc1. The molecule has 3 rings (SSSR count). The molecule has 0 saturated heterocycles. The topological polar surface area (TPSA) is 83.6 Å². The number of carbonyl (C=O) groups excluding carboxylic acids is 4. The van der Waals surface area contributed by atoms with Crippen LogP contribution < -0.4 is 5.32 Å². The molecule has 1 heterocycles. The van der Waals surface area contributed by atoms with E-state index in [2.05, 4.69) is 5.32 Å². The number of anilines is 1. The first-order valence-corrected chi connectivity index (χ1v) is 8.75. The van der Waals surface area contributed by atoms with Crippen molar-refractivity contribution in [2.75, 3.05) is 5.32 Å². The lowest BCUT2D eigenvalue weighted by molar-refractivity contribution is -0.119. The van der Waals surface area contributed by atoms with Crippen LogP contribution in [0.5, 0.6) is 0 Å². The summed E-state index contributed by atoms with van der Waals surface area (Å²) in [6.45, 7) is 2.89. The number of Topliss-reactive ketones (excluding diaryl/α,β-unsaturated/α-hetero) is 1. The van der Waals surface area contributed by atoms with Crippen LogP contribution in [0.2, 0.25) is 10.0 Å². The fourth-order valence-corrected chi connectivity index (χ4v) is 3.08. The van der Waals surface area contributed by atoms with Gasteiger partial charge in [-0.25, -0.2) is 0 Å². The number of nitrogens with one attached hydrogen (secondary N) is 1. The van der Waals surface area contributed by atoms with Crippen molar-refractivity contribution in [1.29, 1.82) is 0 Å². The molecule has 1 unspecified atom stereocenters. The van der Waals surface area contributed by atoms with Gasteiger partial charge in [0.2, 0.25) is 5.91 Å². The predicted molar refractivity (Wildman–Crippen MR) is 102 cm³/mol. The fourth-order valence-electron chi connectivity index (χ4n) is 2.76. The number of benzene rings is 2. The maximum absolute atomic E-state index is 12.6. The minimum Gasteiger partial charge on any atom is -0.324 e. The first-order valence-electron chi connectivity index (χ1n) is 7.99. The molecule has 0 fully saturated rings. The van der Waals surface area contributed by atoms with Gasteiger partial charge in [0.25, 0.3) is 11.8 Å². The average molecular weight is 405 g/mol. The molecule has 3 amide bonds. The fraction of sp³-hybridized carbons (Fsp3) is 0.158. The monoisotopic (exact) mass is 404 g/mol. The largest absolute Gasteiger partial charge is 0.324 e. The molecule has 0 saturated carbocycles. The Bertz CT molecular complexity index is 945. The van der Waals surface area contributed by atoms with E-state index in [0.717, 1.165) is 4.90 Å². The molecule has 0 aromatic heterocycles. The molecule has 138 valence electrons. The highest BCUT2D eigenvalue weighted by Crippen LogP contribution is 2.32. The lowest BCUT2D eigenvalue weighted by Gasteiger charge is -2.21. The number of halogens is 2. The van der Waals surface area contributed by atoms with Crippen LogP contribution in [0.1, 0.15) is 44.9 Å². The minimum absolute atomic E-state index is 0.0930. The van der Waals surface area contributed by atoms with Crippen LogP contribution in [0, 0.1) is 0 Å². The quantitative estimate of drug-likeness (QED) is 0.619. The van der Waals surface area contributed by atoms with Crippen LogP contribution in [0.3, 0.4) is 0 Å². The van der Waals surface area contributed by atoms with Crippen molar-refractivity contribution < 1.29 is 19.2 Å². The third-order valence-electron chi connectivity index (χ3n) is 4.28. The second kappa shape index (κ2) is 7.13. The standard InChI is InChI=1S/C19H14Cl2N2O4/c1-9(17(25)22-12-5-3-11(4-6-12)10(2)24)23-18(26)13-7-15(20)16(21)8-14(13)19(23)27/h3-9H,1-2H3,(H,22,25). The van der Waals surface area contributed by atoms with Crippen LogP contribution in [0.15, 0.2) is 36.4 Å². The summed E-state index contributed by atoms with van der Waals surface area (Å²) in [6.07, 6.45) is 0. The van der Waals surface area contributed by atoms with Crippen LogP contribution in [-0.4, -0.2) is 34.4 Å². The van der Waals surface area contributed by atoms with E-state index in [0.29, 0.717) is 11.3 Å².